The normalized spacial score (nSPS) is 31.5. The van der Waals surface area contributed by atoms with Gasteiger partial charge in [-0.3, -0.25) is 0 Å². The monoisotopic (exact) mass is 254 g/mol. The summed E-state index contributed by atoms with van der Waals surface area (Å²) in [6.07, 6.45) is 10.8. The van der Waals surface area contributed by atoms with Gasteiger partial charge in [0.15, 0.2) is 0 Å². The van der Waals surface area contributed by atoms with Crippen molar-refractivity contribution in [2.45, 2.75) is 57.4 Å². The van der Waals surface area contributed by atoms with Gasteiger partial charge in [-0.1, -0.05) is 25.7 Å². The van der Waals surface area contributed by atoms with Crippen LogP contribution < -0.4 is 5.73 Å². The summed E-state index contributed by atoms with van der Waals surface area (Å²) in [7, 11) is 2.29. The number of rotatable bonds is 4. The van der Waals surface area contributed by atoms with Crippen LogP contribution in [0.15, 0.2) is 0 Å². The van der Waals surface area contributed by atoms with E-state index < -0.39 is 0 Å². The van der Waals surface area contributed by atoms with E-state index in [1.54, 1.807) is 0 Å². The van der Waals surface area contributed by atoms with Crippen LogP contribution in [0.5, 0.6) is 0 Å². The molecule has 1 atom stereocenters. The molecule has 106 valence electrons. The molecule has 1 aliphatic heterocycles. The average Bonchev–Trinajstić information content (AvgIpc) is 2.68. The molecule has 0 spiro atoms. The second-order valence-corrected chi connectivity index (χ2v) is 6.42. The van der Waals surface area contributed by atoms with Gasteiger partial charge in [-0.2, -0.15) is 0 Å². The molecule has 3 heteroatoms. The van der Waals surface area contributed by atoms with Crippen molar-refractivity contribution in [3.05, 3.63) is 0 Å². The lowest BCUT2D eigenvalue weighted by Crippen LogP contribution is -2.49. The molecule has 3 nitrogen and oxygen atoms in total. The van der Waals surface area contributed by atoms with Gasteiger partial charge in [0.2, 0.25) is 0 Å². The van der Waals surface area contributed by atoms with Crippen LogP contribution in [0.1, 0.15) is 51.4 Å². The van der Waals surface area contributed by atoms with Gasteiger partial charge < -0.3 is 15.4 Å². The molecular weight excluding hydrogens is 224 g/mol. The maximum absolute atomic E-state index is 6.04. The highest BCUT2D eigenvalue weighted by Gasteiger charge is 2.34. The van der Waals surface area contributed by atoms with Gasteiger partial charge in [-0.15, -0.1) is 0 Å². The van der Waals surface area contributed by atoms with Crippen LogP contribution >= 0.6 is 0 Å². The molecule has 2 rings (SSSR count). The number of hydrogen-bond acceptors (Lipinski definition) is 3. The zero-order valence-electron chi connectivity index (χ0n) is 12.0. The van der Waals surface area contributed by atoms with Gasteiger partial charge in [0.1, 0.15) is 0 Å². The molecule has 1 saturated carbocycles. The first-order valence-electron chi connectivity index (χ1n) is 7.74. The Kier molecular flexibility index (Phi) is 5.46. The molecule has 18 heavy (non-hydrogen) atoms. The number of nitrogens with two attached hydrogens (primary N) is 1. The van der Waals surface area contributed by atoms with E-state index in [4.69, 9.17) is 10.5 Å². The number of hydrogen-bond donors (Lipinski definition) is 1. The lowest BCUT2D eigenvalue weighted by Gasteiger charge is -2.41. The molecule has 0 amide bonds. The summed E-state index contributed by atoms with van der Waals surface area (Å²) in [5.41, 5.74) is 6.26. The Morgan fingerprint density at radius 2 is 1.89 bits per heavy atom. The third kappa shape index (κ3) is 3.69. The summed E-state index contributed by atoms with van der Waals surface area (Å²) >= 11 is 0. The maximum atomic E-state index is 6.04. The first kappa shape index (κ1) is 14.3. The topological polar surface area (TPSA) is 38.5 Å². The molecule has 1 aliphatic carbocycles. The van der Waals surface area contributed by atoms with Gasteiger partial charge in [-0.25, -0.2) is 0 Å². The smallest absolute Gasteiger partial charge is 0.0546 e. The minimum absolute atomic E-state index is 0.222. The summed E-state index contributed by atoms with van der Waals surface area (Å²) < 4.78 is 5.68. The molecule has 1 heterocycles. The van der Waals surface area contributed by atoms with Crippen molar-refractivity contribution in [2.24, 2.45) is 11.1 Å². The minimum Gasteiger partial charge on any atom is -0.381 e. The van der Waals surface area contributed by atoms with Crippen LogP contribution in [-0.4, -0.2) is 44.3 Å². The Bertz CT molecular complexity index is 231. The fourth-order valence-corrected chi connectivity index (χ4v) is 3.62. The summed E-state index contributed by atoms with van der Waals surface area (Å²) in [6.45, 7) is 3.67. The Balaban J connectivity index is 1.89. The predicted octanol–water partition coefficient (Wildman–Crippen LogP) is 2.40. The van der Waals surface area contributed by atoms with Crippen molar-refractivity contribution in [1.29, 1.82) is 0 Å². The van der Waals surface area contributed by atoms with E-state index in [-0.39, 0.29) is 5.41 Å². The van der Waals surface area contributed by atoms with E-state index in [1.807, 2.05) is 0 Å². The van der Waals surface area contributed by atoms with E-state index in [1.165, 1.54) is 51.4 Å². The first-order valence-corrected chi connectivity index (χ1v) is 7.74. The summed E-state index contributed by atoms with van der Waals surface area (Å²) in [6, 6.07) is 0.776. The van der Waals surface area contributed by atoms with E-state index in [0.717, 1.165) is 32.3 Å². The van der Waals surface area contributed by atoms with E-state index >= 15 is 0 Å². The SMILES string of the molecule is CN(CC1(CN)CCCOC1)C1CCCCCC1. The van der Waals surface area contributed by atoms with Crippen LogP contribution in [0.4, 0.5) is 0 Å². The second-order valence-electron chi connectivity index (χ2n) is 6.42. The van der Waals surface area contributed by atoms with E-state index in [2.05, 4.69) is 11.9 Å². The molecule has 0 aromatic rings. The zero-order chi connectivity index (χ0) is 12.8. The second kappa shape index (κ2) is 6.88. The molecule has 0 aromatic heterocycles. The van der Waals surface area contributed by atoms with Gasteiger partial charge in [0.25, 0.3) is 0 Å². The van der Waals surface area contributed by atoms with Crippen molar-refractivity contribution >= 4 is 0 Å². The van der Waals surface area contributed by atoms with Crippen molar-refractivity contribution in [3.63, 3.8) is 0 Å². The van der Waals surface area contributed by atoms with Crippen molar-refractivity contribution in [2.75, 3.05) is 33.4 Å². The van der Waals surface area contributed by atoms with E-state index in [0.29, 0.717) is 0 Å². The summed E-state index contributed by atoms with van der Waals surface area (Å²) in [5.74, 6) is 0. The average molecular weight is 254 g/mol. The molecule has 2 N–H and O–H groups in total. The van der Waals surface area contributed by atoms with E-state index in [9.17, 15) is 0 Å². The Hall–Kier alpha value is -0.120. The molecule has 0 aromatic carbocycles. The number of ether oxygens (including phenoxy) is 1. The molecule has 2 aliphatic rings. The summed E-state index contributed by atoms with van der Waals surface area (Å²) in [4.78, 5) is 2.58. The highest BCUT2D eigenvalue weighted by molar-refractivity contribution is 4.87. The molecule has 0 bridgehead atoms. The lowest BCUT2D eigenvalue weighted by atomic mass is 9.81. The zero-order valence-corrected chi connectivity index (χ0v) is 12.0. The first-order chi connectivity index (χ1) is 8.76. The third-order valence-corrected chi connectivity index (χ3v) is 4.87. The minimum atomic E-state index is 0.222. The van der Waals surface area contributed by atoms with Crippen molar-refractivity contribution in [3.8, 4) is 0 Å². The van der Waals surface area contributed by atoms with Crippen LogP contribution in [0, 0.1) is 5.41 Å². The molecule has 0 radical (unpaired) electrons. The molecular formula is C15H30N2O. The molecule has 1 saturated heterocycles. The van der Waals surface area contributed by atoms with Crippen LogP contribution in [0.2, 0.25) is 0 Å². The number of nitrogens with zero attached hydrogens (tertiary/aromatic N) is 1. The van der Waals surface area contributed by atoms with Gasteiger partial charge in [0.05, 0.1) is 6.61 Å². The van der Waals surface area contributed by atoms with Crippen LogP contribution in [-0.2, 0) is 4.74 Å². The van der Waals surface area contributed by atoms with Gasteiger partial charge in [0, 0.05) is 31.2 Å². The fraction of sp³-hybridized carbons (Fsp3) is 1.00. The standard InChI is InChI=1S/C15H30N2O/c1-17(14-7-4-2-3-5-8-14)12-15(11-16)9-6-10-18-13-15/h14H,2-13,16H2,1H3. The quantitative estimate of drug-likeness (QED) is 0.783. The maximum Gasteiger partial charge on any atom is 0.0546 e. The third-order valence-electron chi connectivity index (χ3n) is 4.87. The molecule has 1 unspecified atom stereocenters. The summed E-state index contributed by atoms with van der Waals surface area (Å²) in [5, 5.41) is 0. The van der Waals surface area contributed by atoms with Crippen molar-refractivity contribution < 1.29 is 4.74 Å². The van der Waals surface area contributed by atoms with Crippen molar-refractivity contribution in [1.82, 2.24) is 4.90 Å². The highest BCUT2D eigenvalue weighted by atomic mass is 16.5. The Labute approximate surface area is 112 Å². The fourth-order valence-electron chi connectivity index (χ4n) is 3.62. The Morgan fingerprint density at radius 1 is 1.17 bits per heavy atom. The highest BCUT2D eigenvalue weighted by Crippen LogP contribution is 2.30. The van der Waals surface area contributed by atoms with Gasteiger partial charge in [-0.05, 0) is 32.7 Å². The largest absolute Gasteiger partial charge is 0.381 e. The van der Waals surface area contributed by atoms with Crippen LogP contribution in [0.3, 0.4) is 0 Å². The van der Waals surface area contributed by atoms with Crippen LogP contribution in [0.25, 0.3) is 0 Å². The van der Waals surface area contributed by atoms with Gasteiger partial charge >= 0.3 is 0 Å². The molecule has 2 fully saturated rings. The predicted molar refractivity (Wildman–Crippen MR) is 75.7 cm³/mol. The lowest BCUT2D eigenvalue weighted by molar-refractivity contribution is -0.0248. The Morgan fingerprint density at radius 3 is 2.44 bits per heavy atom.